The van der Waals surface area contributed by atoms with Gasteiger partial charge in [0.15, 0.2) is 5.78 Å². The van der Waals surface area contributed by atoms with Crippen molar-refractivity contribution in [3.63, 3.8) is 0 Å². The van der Waals surface area contributed by atoms with E-state index in [2.05, 4.69) is 4.99 Å². The van der Waals surface area contributed by atoms with Crippen molar-refractivity contribution in [3.05, 3.63) is 64.7 Å². The molecular formula is C16H10ClNO2. The maximum absolute atomic E-state index is 12.3. The highest BCUT2D eigenvalue weighted by Gasteiger charge is 2.28. The van der Waals surface area contributed by atoms with Crippen molar-refractivity contribution in [1.82, 2.24) is 0 Å². The van der Waals surface area contributed by atoms with Gasteiger partial charge in [0.25, 0.3) is 0 Å². The summed E-state index contributed by atoms with van der Waals surface area (Å²) >= 11 is 5.80. The Morgan fingerprint density at radius 1 is 0.900 bits per heavy atom. The number of benzene rings is 2. The van der Waals surface area contributed by atoms with Gasteiger partial charge in [-0.05, 0) is 24.3 Å². The van der Waals surface area contributed by atoms with Crippen LogP contribution < -0.4 is 0 Å². The van der Waals surface area contributed by atoms with Crippen LogP contribution in [0.25, 0.3) is 0 Å². The monoisotopic (exact) mass is 283 g/mol. The molecule has 1 aliphatic rings. The van der Waals surface area contributed by atoms with Gasteiger partial charge in [0.05, 0.1) is 17.8 Å². The van der Waals surface area contributed by atoms with Gasteiger partial charge in [0, 0.05) is 16.1 Å². The third-order valence-electron chi connectivity index (χ3n) is 3.15. The second kappa shape index (κ2) is 5.02. The molecule has 98 valence electrons. The zero-order valence-corrected chi connectivity index (χ0v) is 11.2. The average Bonchev–Trinajstić information content (AvgIpc) is 2.47. The van der Waals surface area contributed by atoms with E-state index in [1.165, 1.54) is 0 Å². The minimum atomic E-state index is -0.185. The van der Waals surface area contributed by atoms with Gasteiger partial charge in [-0.2, -0.15) is 0 Å². The fraction of sp³-hybridized carbons (Fsp3) is 0.0625. The van der Waals surface area contributed by atoms with Crippen LogP contribution in [0.3, 0.4) is 0 Å². The molecule has 1 aliphatic carbocycles. The highest BCUT2D eigenvalue weighted by molar-refractivity contribution is 6.53. The molecule has 0 fully saturated rings. The molecule has 0 N–H and O–H groups in total. The van der Waals surface area contributed by atoms with Gasteiger partial charge < -0.3 is 0 Å². The average molecular weight is 284 g/mol. The number of Topliss-reactive ketones (excluding diaryl/α,β-unsaturated/α-hetero) is 2. The van der Waals surface area contributed by atoms with Crippen LogP contribution in [0, 0.1) is 0 Å². The van der Waals surface area contributed by atoms with Crippen LogP contribution in [0.5, 0.6) is 0 Å². The van der Waals surface area contributed by atoms with Crippen molar-refractivity contribution < 1.29 is 9.59 Å². The Kier molecular flexibility index (Phi) is 3.20. The lowest BCUT2D eigenvalue weighted by atomic mass is 9.88. The molecule has 3 nitrogen and oxygen atoms in total. The van der Waals surface area contributed by atoms with E-state index >= 15 is 0 Å². The number of hydrogen-bond acceptors (Lipinski definition) is 3. The molecule has 0 atom stereocenters. The van der Waals surface area contributed by atoms with Gasteiger partial charge in [-0.25, -0.2) is 4.99 Å². The van der Waals surface area contributed by atoms with E-state index in [0.29, 0.717) is 21.8 Å². The van der Waals surface area contributed by atoms with Crippen molar-refractivity contribution in [2.24, 2.45) is 4.99 Å². The van der Waals surface area contributed by atoms with E-state index in [1.54, 1.807) is 48.5 Å². The molecule has 0 saturated carbocycles. The Morgan fingerprint density at radius 2 is 1.55 bits per heavy atom. The van der Waals surface area contributed by atoms with Crippen LogP contribution in [0.1, 0.15) is 27.1 Å². The van der Waals surface area contributed by atoms with E-state index in [9.17, 15) is 9.59 Å². The zero-order valence-electron chi connectivity index (χ0n) is 10.5. The molecule has 0 unspecified atom stereocenters. The van der Waals surface area contributed by atoms with Crippen LogP contribution in [0.4, 0.5) is 5.69 Å². The van der Waals surface area contributed by atoms with Crippen LogP contribution in [-0.4, -0.2) is 17.3 Å². The summed E-state index contributed by atoms with van der Waals surface area (Å²) in [5.74, 6) is -0.261. The third-order valence-corrected chi connectivity index (χ3v) is 3.40. The molecule has 0 amide bonds. The van der Waals surface area contributed by atoms with Gasteiger partial charge >= 0.3 is 0 Å². The first-order chi connectivity index (χ1) is 9.65. The number of fused-ring (bicyclic) bond motifs is 1. The van der Waals surface area contributed by atoms with Gasteiger partial charge in [-0.1, -0.05) is 35.9 Å². The number of hydrogen-bond donors (Lipinski definition) is 0. The standard InChI is InChI=1S/C16H10ClNO2/c17-10-5-7-11(8-6-10)18-14-9-15(19)12-3-1-2-4-13(12)16(14)20/h1-8H,9H2. The molecule has 0 bridgehead atoms. The number of ketones is 2. The number of halogens is 1. The van der Waals surface area contributed by atoms with Crippen molar-refractivity contribution in [1.29, 1.82) is 0 Å². The molecule has 0 aromatic heterocycles. The molecule has 0 saturated heterocycles. The predicted octanol–water partition coefficient (Wildman–Crippen LogP) is 3.88. The number of carbonyl (C=O) groups excluding carboxylic acids is 2. The molecule has 4 heteroatoms. The summed E-state index contributed by atoms with van der Waals surface area (Å²) < 4.78 is 0. The molecule has 0 spiro atoms. The fourth-order valence-electron chi connectivity index (χ4n) is 2.17. The lowest BCUT2D eigenvalue weighted by Gasteiger charge is -2.15. The topological polar surface area (TPSA) is 46.5 Å². The Hall–Kier alpha value is -2.26. The first-order valence-corrected chi connectivity index (χ1v) is 6.53. The Bertz CT molecular complexity index is 732. The van der Waals surface area contributed by atoms with E-state index in [-0.39, 0.29) is 23.7 Å². The molecular weight excluding hydrogens is 274 g/mol. The summed E-state index contributed by atoms with van der Waals surface area (Å²) in [6.45, 7) is 0. The Labute approximate surface area is 120 Å². The lowest BCUT2D eigenvalue weighted by molar-refractivity contribution is 0.0965. The highest BCUT2D eigenvalue weighted by Crippen LogP contribution is 2.23. The molecule has 0 radical (unpaired) electrons. The Morgan fingerprint density at radius 3 is 2.25 bits per heavy atom. The predicted molar refractivity (Wildman–Crippen MR) is 78.3 cm³/mol. The summed E-state index contributed by atoms with van der Waals surface area (Å²) in [6, 6.07) is 13.7. The van der Waals surface area contributed by atoms with Gasteiger partial charge in [-0.15, -0.1) is 0 Å². The third kappa shape index (κ3) is 2.28. The minimum absolute atomic E-state index is 0.0402. The van der Waals surface area contributed by atoms with Crippen molar-refractivity contribution in [2.45, 2.75) is 6.42 Å². The van der Waals surface area contributed by atoms with E-state index < -0.39 is 0 Å². The summed E-state index contributed by atoms with van der Waals surface area (Å²) in [7, 11) is 0. The quantitative estimate of drug-likeness (QED) is 0.797. The SMILES string of the molecule is O=C1CC(=Nc2ccc(Cl)cc2)C(=O)c2ccccc21. The summed E-state index contributed by atoms with van der Waals surface area (Å²) in [5, 5.41) is 0.602. The summed E-state index contributed by atoms with van der Waals surface area (Å²) in [4.78, 5) is 28.6. The molecule has 2 aromatic rings. The second-order valence-corrected chi connectivity index (χ2v) is 4.95. The van der Waals surface area contributed by atoms with Crippen molar-refractivity contribution in [2.75, 3.05) is 0 Å². The number of rotatable bonds is 1. The van der Waals surface area contributed by atoms with Crippen LogP contribution in [-0.2, 0) is 0 Å². The van der Waals surface area contributed by atoms with Gasteiger partial charge in [-0.3, -0.25) is 9.59 Å². The van der Waals surface area contributed by atoms with Gasteiger partial charge in [0.2, 0.25) is 5.78 Å². The smallest absolute Gasteiger partial charge is 0.208 e. The van der Waals surface area contributed by atoms with Crippen LogP contribution in [0.15, 0.2) is 53.5 Å². The largest absolute Gasteiger partial charge is 0.294 e. The van der Waals surface area contributed by atoms with Gasteiger partial charge in [0.1, 0.15) is 0 Å². The van der Waals surface area contributed by atoms with E-state index in [0.717, 1.165) is 0 Å². The molecule has 0 heterocycles. The van der Waals surface area contributed by atoms with Crippen LogP contribution >= 0.6 is 11.6 Å². The second-order valence-electron chi connectivity index (χ2n) is 4.51. The lowest BCUT2D eigenvalue weighted by Crippen LogP contribution is -2.26. The minimum Gasteiger partial charge on any atom is -0.294 e. The zero-order chi connectivity index (χ0) is 14.1. The number of aliphatic imine (C=N–C) groups is 1. The Balaban J connectivity index is 2.03. The molecule has 0 aliphatic heterocycles. The highest BCUT2D eigenvalue weighted by atomic mass is 35.5. The maximum Gasteiger partial charge on any atom is 0.208 e. The van der Waals surface area contributed by atoms with E-state index in [4.69, 9.17) is 11.6 Å². The number of nitrogens with zero attached hydrogens (tertiary/aromatic N) is 1. The number of carbonyl (C=O) groups is 2. The first kappa shape index (κ1) is 12.8. The van der Waals surface area contributed by atoms with Crippen molar-refractivity contribution >= 4 is 34.6 Å². The fourth-order valence-corrected chi connectivity index (χ4v) is 2.30. The first-order valence-electron chi connectivity index (χ1n) is 6.15. The maximum atomic E-state index is 12.3. The van der Waals surface area contributed by atoms with Crippen LogP contribution in [0.2, 0.25) is 5.02 Å². The summed E-state index contributed by atoms with van der Waals surface area (Å²) in [5.41, 5.74) is 1.80. The van der Waals surface area contributed by atoms with Crippen molar-refractivity contribution in [3.8, 4) is 0 Å². The molecule has 3 rings (SSSR count). The molecule has 2 aromatic carbocycles. The normalized spacial score (nSPS) is 16.4. The molecule has 20 heavy (non-hydrogen) atoms. The summed E-state index contributed by atoms with van der Waals surface area (Å²) in [6.07, 6.45) is 0.0402. The van der Waals surface area contributed by atoms with E-state index in [1.807, 2.05) is 0 Å².